The molecule has 3 heteroatoms. The van der Waals surface area contributed by atoms with Crippen molar-refractivity contribution in [2.45, 2.75) is 38.5 Å². The van der Waals surface area contributed by atoms with E-state index in [0.717, 1.165) is 5.56 Å². The van der Waals surface area contributed by atoms with Crippen LogP contribution in [0.4, 0.5) is 0 Å². The summed E-state index contributed by atoms with van der Waals surface area (Å²) in [4.78, 5) is 0. The average molecular weight is 251 g/mol. The highest BCUT2D eigenvalue weighted by atomic mass is 32.2. The van der Waals surface area contributed by atoms with E-state index in [-0.39, 0.29) is 10.8 Å². The Morgan fingerprint density at radius 2 is 1.82 bits per heavy atom. The van der Waals surface area contributed by atoms with Gasteiger partial charge in [-0.05, 0) is 33.3 Å². The van der Waals surface area contributed by atoms with Crippen LogP contribution in [0, 0.1) is 0 Å². The Labute approximate surface area is 107 Å². The lowest BCUT2D eigenvalue weighted by molar-refractivity contribution is 0.628. The van der Waals surface area contributed by atoms with Crippen LogP contribution in [0.2, 0.25) is 0 Å². The molecule has 1 aromatic rings. The Kier molecular flexibility index (Phi) is 5.09. The van der Waals surface area contributed by atoms with Gasteiger partial charge in [-0.25, -0.2) is 8.93 Å². The van der Waals surface area contributed by atoms with Gasteiger partial charge in [0.15, 0.2) is 0 Å². The summed E-state index contributed by atoms with van der Waals surface area (Å²) >= 11 is 0. The van der Waals surface area contributed by atoms with E-state index >= 15 is 0 Å². The first-order valence-electron chi connectivity index (χ1n) is 5.81. The predicted molar refractivity (Wildman–Crippen MR) is 76.0 cm³/mol. The van der Waals surface area contributed by atoms with E-state index in [9.17, 15) is 4.21 Å². The molecule has 0 fully saturated rings. The molecule has 2 nitrogen and oxygen atoms in total. The van der Waals surface area contributed by atoms with Crippen LogP contribution in [0.5, 0.6) is 0 Å². The van der Waals surface area contributed by atoms with Gasteiger partial charge in [0.05, 0.1) is 15.7 Å². The molecule has 0 bridgehead atoms. The third kappa shape index (κ3) is 5.29. The first-order valence-corrected chi connectivity index (χ1v) is 6.96. The highest BCUT2D eigenvalue weighted by molar-refractivity contribution is 7.84. The van der Waals surface area contributed by atoms with Gasteiger partial charge in [0.25, 0.3) is 0 Å². The fourth-order valence-electron chi connectivity index (χ4n) is 1.20. The standard InChI is InChI=1S/C14H21NOS/c1-12(15-17(16)14(2,3)4)10-11-13-8-6-5-7-9-13/h5-12,15H,1-4H3/b11-10+/t12-,17?/m1/s1. The van der Waals surface area contributed by atoms with E-state index in [4.69, 9.17) is 0 Å². The molecule has 1 N–H and O–H groups in total. The molecule has 0 aliphatic heterocycles. The summed E-state index contributed by atoms with van der Waals surface area (Å²) in [6, 6.07) is 10.2. The highest BCUT2D eigenvalue weighted by Crippen LogP contribution is 2.10. The zero-order chi connectivity index (χ0) is 12.9. The van der Waals surface area contributed by atoms with Crippen LogP contribution < -0.4 is 4.72 Å². The van der Waals surface area contributed by atoms with Gasteiger partial charge >= 0.3 is 0 Å². The van der Waals surface area contributed by atoms with Crippen molar-refractivity contribution in [3.63, 3.8) is 0 Å². The van der Waals surface area contributed by atoms with Crippen molar-refractivity contribution >= 4 is 17.1 Å². The fourth-order valence-corrected chi connectivity index (χ4v) is 1.97. The van der Waals surface area contributed by atoms with Crippen LogP contribution in [-0.2, 0) is 11.0 Å². The molecular formula is C14H21NOS. The second-order valence-electron chi connectivity index (χ2n) is 5.06. The molecule has 0 amide bonds. The van der Waals surface area contributed by atoms with Crippen molar-refractivity contribution in [1.82, 2.24) is 4.72 Å². The van der Waals surface area contributed by atoms with Crippen molar-refractivity contribution in [3.8, 4) is 0 Å². The monoisotopic (exact) mass is 251 g/mol. The lowest BCUT2D eigenvalue weighted by Crippen LogP contribution is -2.37. The Hall–Kier alpha value is -0.930. The second kappa shape index (κ2) is 6.12. The summed E-state index contributed by atoms with van der Waals surface area (Å²) in [5, 5.41) is 0. The minimum Gasteiger partial charge on any atom is -0.242 e. The average Bonchev–Trinajstić information content (AvgIpc) is 2.26. The van der Waals surface area contributed by atoms with Crippen molar-refractivity contribution in [2.24, 2.45) is 0 Å². The number of nitrogens with one attached hydrogen (secondary N) is 1. The third-order valence-corrected chi connectivity index (χ3v) is 3.92. The van der Waals surface area contributed by atoms with Crippen molar-refractivity contribution in [3.05, 3.63) is 42.0 Å². The Morgan fingerprint density at radius 1 is 1.24 bits per heavy atom. The van der Waals surface area contributed by atoms with Gasteiger partial charge in [-0.3, -0.25) is 0 Å². The van der Waals surface area contributed by atoms with E-state index in [0.29, 0.717) is 0 Å². The van der Waals surface area contributed by atoms with Crippen LogP contribution in [0.3, 0.4) is 0 Å². The molecule has 94 valence electrons. The molecule has 0 heterocycles. The van der Waals surface area contributed by atoms with E-state index in [1.54, 1.807) is 0 Å². The van der Waals surface area contributed by atoms with Gasteiger partial charge < -0.3 is 0 Å². The SMILES string of the molecule is C[C@H](/C=C/c1ccccc1)NS(=O)C(C)(C)C. The maximum atomic E-state index is 11.9. The number of benzene rings is 1. The molecule has 17 heavy (non-hydrogen) atoms. The summed E-state index contributed by atoms with van der Waals surface area (Å²) in [5.41, 5.74) is 1.16. The molecule has 1 aromatic carbocycles. The quantitative estimate of drug-likeness (QED) is 0.875. The topological polar surface area (TPSA) is 29.1 Å². The predicted octanol–water partition coefficient (Wildman–Crippen LogP) is 3.14. The van der Waals surface area contributed by atoms with E-state index in [2.05, 4.69) is 4.72 Å². The molecule has 1 unspecified atom stereocenters. The summed E-state index contributed by atoms with van der Waals surface area (Å²) < 4.78 is 14.7. The van der Waals surface area contributed by atoms with Crippen LogP contribution in [-0.4, -0.2) is 15.0 Å². The van der Waals surface area contributed by atoms with Crippen LogP contribution in [0.15, 0.2) is 36.4 Å². The first kappa shape index (κ1) is 14.1. The lowest BCUT2D eigenvalue weighted by atomic mass is 10.2. The Morgan fingerprint density at radius 3 is 2.35 bits per heavy atom. The highest BCUT2D eigenvalue weighted by Gasteiger charge is 2.20. The largest absolute Gasteiger partial charge is 0.242 e. The van der Waals surface area contributed by atoms with E-state index in [1.165, 1.54) is 0 Å². The Bertz CT molecular complexity index is 392. The fraction of sp³-hybridized carbons (Fsp3) is 0.429. The first-order chi connectivity index (χ1) is 7.89. The van der Waals surface area contributed by atoms with Crippen molar-refractivity contribution in [2.75, 3.05) is 0 Å². The second-order valence-corrected chi connectivity index (χ2v) is 7.06. The van der Waals surface area contributed by atoms with Crippen LogP contribution in [0.25, 0.3) is 6.08 Å². The maximum Gasteiger partial charge on any atom is 0.0975 e. The Balaban J connectivity index is 2.53. The van der Waals surface area contributed by atoms with Crippen molar-refractivity contribution in [1.29, 1.82) is 0 Å². The zero-order valence-electron chi connectivity index (χ0n) is 10.9. The normalized spacial score (nSPS) is 16.0. The summed E-state index contributed by atoms with van der Waals surface area (Å²) in [7, 11) is -1.03. The molecule has 0 saturated carbocycles. The number of hydrogen-bond donors (Lipinski definition) is 1. The summed E-state index contributed by atoms with van der Waals surface area (Å²) in [6.45, 7) is 7.89. The minimum absolute atomic E-state index is 0.0928. The van der Waals surface area contributed by atoms with Crippen molar-refractivity contribution < 1.29 is 4.21 Å². The van der Waals surface area contributed by atoms with Gasteiger partial charge in [0, 0.05) is 6.04 Å². The molecule has 0 aromatic heterocycles. The lowest BCUT2D eigenvalue weighted by Gasteiger charge is -2.20. The zero-order valence-corrected chi connectivity index (χ0v) is 11.8. The van der Waals surface area contributed by atoms with Gasteiger partial charge in [-0.2, -0.15) is 0 Å². The third-order valence-electron chi connectivity index (χ3n) is 2.23. The molecule has 1 rings (SSSR count). The molecule has 0 aliphatic rings. The molecule has 0 radical (unpaired) electrons. The van der Waals surface area contributed by atoms with E-state index in [1.807, 2.05) is 70.2 Å². The van der Waals surface area contributed by atoms with Crippen LogP contribution in [0.1, 0.15) is 33.3 Å². The van der Waals surface area contributed by atoms with Gasteiger partial charge in [0.1, 0.15) is 0 Å². The molecule has 0 spiro atoms. The van der Waals surface area contributed by atoms with Gasteiger partial charge in [-0.1, -0.05) is 42.5 Å². The summed E-state index contributed by atoms with van der Waals surface area (Å²) in [5.74, 6) is 0. The summed E-state index contributed by atoms with van der Waals surface area (Å²) in [6.07, 6.45) is 4.07. The van der Waals surface area contributed by atoms with Gasteiger partial charge in [0.2, 0.25) is 0 Å². The molecular weight excluding hydrogens is 230 g/mol. The smallest absolute Gasteiger partial charge is 0.0975 e. The maximum absolute atomic E-state index is 11.9. The van der Waals surface area contributed by atoms with Crippen LogP contribution >= 0.6 is 0 Å². The van der Waals surface area contributed by atoms with Gasteiger partial charge in [-0.15, -0.1) is 0 Å². The molecule has 0 saturated heterocycles. The number of hydrogen-bond acceptors (Lipinski definition) is 1. The number of rotatable bonds is 4. The van der Waals surface area contributed by atoms with E-state index < -0.39 is 11.0 Å². The molecule has 2 atom stereocenters. The molecule has 0 aliphatic carbocycles. The minimum atomic E-state index is -1.03.